The summed E-state index contributed by atoms with van der Waals surface area (Å²) in [5.41, 5.74) is -0.666. The van der Waals surface area contributed by atoms with Crippen molar-refractivity contribution >= 4 is 0 Å². The number of benzene rings is 1. The fraction of sp³-hybridized carbons (Fsp3) is 0.538. The van der Waals surface area contributed by atoms with Gasteiger partial charge in [0.05, 0.1) is 0 Å². The largest absolute Gasteiger partial charge is 0.573 e. The quantitative estimate of drug-likeness (QED) is 0.828. The molecule has 1 saturated heterocycles. The lowest BCUT2D eigenvalue weighted by molar-refractivity contribution is -0.274. The molecule has 1 fully saturated rings. The van der Waals surface area contributed by atoms with Gasteiger partial charge in [0.1, 0.15) is 17.5 Å². The Labute approximate surface area is 127 Å². The van der Waals surface area contributed by atoms with Crippen molar-refractivity contribution in [2.45, 2.75) is 18.6 Å². The number of ether oxygens (including phenoxy) is 1. The van der Waals surface area contributed by atoms with Crippen LogP contribution in [0.1, 0.15) is 11.6 Å². The Hall–Kier alpha value is -1.68. The van der Waals surface area contributed by atoms with Gasteiger partial charge in [0, 0.05) is 31.7 Å². The number of halogens is 6. The molecular weight excluding hydrogens is 330 g/mol. The lowest BCUT2D eigenvalue weighted by Crippen LogP contribution is -2.49. The zero-order valence-corrected chi connectivity index (χ0v) is 11.7. The number of nitrogens with zero attached hydrogens (tertiary/aromatic N) is 1. The van der Waals surface area contributed by atoms with Crippen LogP contribution in [0.5, 0.6) is 11.5 Å². The van der Waals surface area contributed by atoms with Crippen molar-refractivity contribution in [2.75, 3.05) is 26.2 Å². The van der Waals surface area contributed by atoms with Gasteiger partial charge in [-0.1, -0.05) is 0 Å². The molecule has 0 aliphatic carbocycles. The maximum Gasteiger partial charge on any atom is 0.573 e. The molecule has 1 heterocycles. The summed E-state index contributed by atoms with van der Waals surface area (Å²) >= 11 is 0. The number of phenols is 1. The molecular formula is C13H14F6N2O2. The molecule has 1 aliphatic rings. The van der Waals surface area contributed by atoms with E-state index in [0.717, 1.165) is 17.0 Å². The van der Waals surface area contributed by atoms with Crippen LogP contribution in [0.3, 0.4) is 0 Å². The van der Waals surface area contributed by atoms with Crippen molar-refractivity contribution < 1.29 is 36.2 Å². The summed E-state index contributed by atoms with van der Waals surface area (Å²) in [6.45, 7) is 0.722. The van der Waals surface area contributed by atoms with Crippen molar-refractivity contribution in [1.29, 1.82) is 0 Å². The maximum atomic E-state index is 13.4. The molecule has 4 nitrogen and oxygen atoms in total. The lowest BCUT2D eigenvalue weighted by atomic mass is 10.0. The van der Waals surface area contributed by atoms with Crippen molar-refractivity contribution in [3.63, 3.8) is 0 Å². The molecule has 0 aromatic heterocycles. The molecule has 1 aliphatic heterocycles. The zero-order valence-electron chi connectivity index (χ0n) is 11.7. The molecule has 23 heavy (non-hydrogen) atoms. The standard InChI is InChI=1S/C13H14F6N2O2/c14-12(15,16)11(21-5-3-20-4-6-21)9-7-8(1-2-10(9)22)23-13(17,18)19/h1-2,7,11,20,22H,3-6H2/t11-/m0/s1. The third kappa shape index (κ3) is 4.64. The number of hydrogen-bond acceptors (Lipinski definition) is 4. The highest BCUT2D eigenvalue weighted by Crippen LogP contribution is 2.43. The first-order valence-electron chi connectivity index (χ1n) is 6.68. The molecule has 0 saturated carbocycles. The summed E-state index contributed by atoms with van der Waals surface area (Å²) in [5.74, 6) is -1.55. The van der Waals surface area contributed by atoms with Crippen LogP contribution in [0, 0.1) is 0 Å². The van der Waals surface area contributed by atoms with Crippen LogP contribution in [0.2, 0.25) is 0 Å². The Morgan fingerprint density at radius 3 is 2.22 bits per heavy atom. The van der Waals surface area contributed by atoms with E-state index in [2.05, 4.69) is 10.1 Å². The van der Waals surface area contributed by atoms with E-state index in [4.69, 9.17) is 0 Å². The maximum absolute atomic E-state index is 13.4. The summed E-state index contributed by atoms with van der Waals surface area (Å²) in [5, 5.41) is 12.6. The van der Waals surface area contributed by atoms with Crippen LogP contribution in [0.25, 0.3) is 0 Å². The number of rotatable bonds is 3. The number of aromatic hydroxyl groups is 1. The smallest absolute Gasteiger partial charge is 0.508 e. The van der Waals surface area contributed by atoms with Crippen LogP contribution in [0.15, 0.2) is 18.2 Å². The van der Waals surface area contributed by atoms with Gasteiger partial charge in [-0.25, -0.2) is 0 Å². The minimum absolute atomic E-state index is 0.0496. The highest BCUT2D eigenvalue weighted by molar-refractivity contribution is 5.42. The van der Waals surface area contributed by atoms with E-state index in [0.29, 0.717) is 19.2 Å². The fourth-order valence-corrected chi connectivity index (χ4v) is 2.47. The summed E-state index contributed by atoms with van der Waals surface area (Å²) in [7, 11) is 0. The first kappa shape index (κ1) is 17.7. The molecule has 0 spiro atoms. The van der Waals surface area contributed by atoms with Crippen molar-refractivity contribution in [3.05, 3.63) is 23.8 Å². The van der Waals surface area contributed by atoms with Gasteiger partial charge in [-0.3, -0.25) is 4.90 Å². The van der Waals surface area contributed by atoms with E-state index < -0.39 is 35.6 Å². The SMILES string of the molecule is Oc1ccc(OC(F)(F)F)cc1[C@H](N1CCNCC1)C(F)(F)F. The third-order valence-electron chi connectivity index (χ3n) is 3.35. The molecule has 0 unspecified atom stereocenters. The van der Waals surface area contributed by atoms with Gasteiger partial charge < -0.3 is 15.2 Å². The highest BCUT2D eigenvalue weighted by atomic mass is 19.4. The Bertz CT molecular complexity index is 540. The second-order valence-electron chi connectivity index (χ2n) is 5.00. The summed E-state index contributed by atoms with van der Waals surface area (Å²) in [4.78, 5) is 1.06. The highest BCUT2D eigenvalue weighted by Gasteiger charge is 2.46. The monoisotopic (exact) mass is 344 g/mol. The normalized spacial score (nSPS) is 18.7. The molecule has 10 heteroatoms. The van der Waals surface area contributed by atoms with Crippen LogP contribution in [0.4, 0.5) is 26.3 Å². The van der Waals surface area contributed by atoms with Crippen molar-refractivity contribution in [3.8, 4) is 11.5 Å². The van der Waals surface area contributed by atoms with E-state index in [9.17, 15) is 31.4 Å². The second kappa shape index (κ2) is 6.44. The van der Waals surface area contributed by atoms with E-state index >= 15 is 0 Å². The Morgan fingerprint density at radius 2 is 1.70 bits per heavy atom. The molecule has 0 radical (unpaired) electrons. The molecule has 2 rings (SSSR count). The van der Waals surface area contributed by atoms with Crippen LogP contribution >= 0.6 is 0 Å². The third-order valence-corrected chi connectivity index (χ3v) is 3.35. The predicted molar refractivity (Wildman–Crippen MR) is 68.0 cm³/mol. The van der Waals surface area contributed by atoms with Crippen molar-refractivity contribution in [1.82, 2.24) is 10.2 Å². The number of phenolic OH excluding ortho intramolecular Hbond substituents is 1. The van der Waals surface area contributed by atoms with Crippen LogP contribution < -0.4 is 10.1 Å². The van der Waals surface area contributed by atoms with E-state index in [-0.39, 0.29) is 13.1 Å². The Morgan fingerprint density at radius 1 is 1.09 bits per heavy atom. The van der Waals surface area contributed by atoms with Crippen LogP contribution in [-0.2, 0) is 0 Å². The van der Waals surface area contributed by atoms with Gasteiger partial charge in [-0.15, -0.1) is 13.2 Å². The summed E-state index contributed by atoms with van der Waals surface area (Å²) < 4.78 is 80.6. The second-order valence-corrected chi connectivity index (χ2v) is 5.00. The minimum atomic E-state index is -5.03. The average molecular weight is 344 g/mol. The first-order valence-corrected chi connectivity index (χ1v) is 6.68. The van der Waals surface area contributed by atoms with Crippen molar-refractivity contribution in [2.24, 2.45) is 0 Å². The van der Waals surface area contributed by atoms with Gasteiger partial charge in [-0.05, 0) is 18.2 Å². The summed E-state index contributed by atoms with van der Waals surface area (Å²) in [6, 6.07) is -0.112. The first-order chi connectivity index (χ1) is 10.6. The van der Waals surface area contributed by atoms with E-state index in [1.165, 1.54) is 0 Å². The number of alkyl halides is 6. The number of piperazine rings is 1. The Balaban J connectivity index is 2.39. The topological polar surface area (TPSA) is 44.7 Å². The van der Waals surface area contributed by atoms with Gasteiger partial charge in [0.25, 0.3) is 0 Å². The number of hydrogen-bond donors (Lipinski definition) is 2. The molecule has 130 valence electrons. The molecule has 1 atom stereocenters. The fourth-order valence-electron chi connectivity index (χ4n) is 2.47. The number of nitrogens with one attached hydrogen (secondary N) is 1. The predicted octanol–water partition coefficient (Wildman–Crippen LogP) is 2.80. The van der Waals surface area contributed by atoms with Gasteiger partial charge in [0.2, 0.25) is 0 Å². The molecule has 0 bridgehead atoms. The molecule has 1 aromatic carbocycles. The van der Waals surface area contributed by atoms with Gasteiger partial charge in [-0.2, -0.15) is 13.2 Å². The Kier molecular flexibility index (Phi) is 4.95. The molecule has 2 N–H and O–H groups in total. The summed E-state index contributed by atoms with van der Waals surface area (Å²) in [6.07, 6.45) is -9.79. The molecule has 1 aromatic rings. The van der Waals surface area contributed by atoms with Crippen LogP contribution in [-0.4, -0.2) is 48.7 Å². The van der Waals surface area contributed by atoms with E-state index in [1.807, 2.05) is 0 Å². The lowest BCUT2D eigenvalue weighted by Gasteiger charge is -2.36. The zero-order chi connectivity index (χ0) is 17.3. The van der Waals surface area contributed by atoms with Gasteiger partial charge in [0.15, 0.2) is 0 Å². The minimum Gasteiger partial charge on any atom is -0.508 e. The van der Waals surface area contributed by atoms with E-state index in [1.54, 1.807) is 0 Å². The average Bonchev–Trinajstić information content (AvgIpc) is 2.41. The van der Waals surface area contributed by atoms with Gasteiger partial charge >= 0.3 is 12.5 Å². The molecule has 0 amide bonds.